The maximum atomic E-state index is 14.7. The molecule has 120 valence electrons. The Morgan fingerprint density at radius 2 is 2.04 bits per heavy atom. The molecule has 3 N–H and O–H groups in total. The molecule has 0 aliphatic carbocycles. The molecule has 6 nitrogen and oxygen atoms in total. The molecule has 1 saturated heterocycles. The second-order valence-corrected chi connectivity index (χ2v) is 5.76. The third kappa shape index (κ3) is 2.11. The van der Waals surface area contributed by atoms with Gasteiger partial charge >= 0.3 is 0 Å². The predicted octanol–water partition coefficient (Wildman–Crippen LogP) is 1.74. The number of halogens is 1. The number of fused-ring (bicyclic) bond motifs is 3. The van der Waals surface area contributed by atoms with Crippen LogP contribution in [0.4, 0.5) is 15.9 Å². The van der Waals surface area contributed by atoms with Gasteiger partial charge in [-0.25, -0.2) is 14.4 Å². The first-order valence-electron chi connectivity index (χ1n) is 7.88. The molecule has 0 spiro atoms. The van der Waals surface area contributed by atoms with Crippen molar-refractivity contribution < 1.29 is 4.39 Å². The van der Waals surface area contributed by atoms with Crippen LogP contribution in [0.25, 0.3) is 21.9 Å². The van der Waals surface area contributed by atoms with E-state index in [0.717, 1.165) is 54.7 Å². The Morgan fingerprint density at radius 3 is 2.78 bits per heavy atom. The van der Waals surface area contributed by atoms with Crippen LogP contribution in [0.5, 0.6) is 0 Å². The van der Waals surface area contributed by atoms with Crippen LogP contribution in [0, 0.1) is 5.82 Å². The Bertz CT molecular complexity index is 881. The summed E-state index contributed by atoms with van der Waals surface area (Å²) < 4.78 is 16.8. The number of hydrogen-bond donors (Lipinski definition) is 2. The largest absolute Gasteiger partial charge is 0.383 e. The van der Waals surface area contributed by atoms with Gasteiger partial charge in [0.1, 0.15) is 23.6 Å². The molecule has 0 amide bonds. The van der Waals surface area contributed by atoms with E-state index in [1.54, 1.807) is 6.07 Å². The van der Waals surface area contributed by atoms with Gasteiger partial charge in [0.15, 0.2) is 0 Å². The van der Waals surface area contributed by atoms with E-state index in [9.17, 15) is 4.39 Å². The molecule has 0 unspecified atom stereocenters. The van der Waals surface area contributed by atoms with Crippen LogP contribution < -0.4 is 16.0 Å². The van der Waals surface area contributed by atoms with Crippen molar-refractivity contribution in [3.05, 3.63) is 24.3 Å². The molecule has 0 saturated carbocycles. The Balaban J connectivity index is 2.01. The minimum Gasteiger partial charge on any atom is -0.383 e. The van der Waals surface area contributed by atoms with Gasteiger partial charge in [0.05, 0.1) is 16.6 Å². The zero-order chi connectivity index (χ0) is 16.0. The van der Waals surface area contributed by atoms with E-state index >= 15 is 0 Å². The van der Waals surface area contributed by atoms with E-state index in [1.165, 1.54) is 6.33 Å². The molecule has 1 fully saturated rings. The van der Waals surface area contributed by atoms with E-state index in [-0.39, 0.29) is 5.82 Å². The lowest BCUT2D eigenvalue weighted by molar-refractivity contribution is 0.567. The van der Waals surface area contributed by atoms with Crippen molar-refractivity contribution in [1.29, 1.82) is 0 Å². The van der Waals surface area contributed by atoms with Crippen molar-refractivity contribution in [2.45, 2.75) is 13.5 Å². The van der Waals surface area contributed by atoms with Crippen LogP contribution in [-0.2, 0) is 6.54 Å². The lowest BCUT2D eigenvalue weighted by atomic mass is 10.1. The van der Waals surface area contributed by atoms with Gasteiger partial charge in [0, 0.05) is 38.1 Å². The van der Waals surface area contributed by atoms with Crippen molar-refractivity contribution in [3.8, 4) is 0 Å². The van der Waals surface area contributed by atoms with Gasteiger partial charge in [0.25, 0.3) is 0 Å². The number of nitrogens with one attached hydrogen (secondary N) is 1. The highest BCUT2D eigenvalue weighted by atomic mass is 19.1. The minimum absolute atomic E-state index is 0.224. The summed E-state index contributed by atoms with van der Waals surface area (Å²) in [7, 11) is 0. The molecule has 1 aliphatic rings. The van der Waals surface area contributed by atoms with E-state index in [2.05, 4.69) is 24.8 Å². The molecule has 4 rings (SSSR count). The van der Waals surface area contributed by atoms with Crippen LogP contribution in [0.15, 0.2) is 18.5 Å². The third-order valence-corrected chi connectivity index (χ3v) is 4.51. The lowest BCUT2D eigenvalue weighted by Crippen LogP contribution is -2.43. The number of aryl methyl sites for hydroxylation is 1. The normalized spacial score (nSPS) is 15.7. The van der Waals surface area contributed by atoms with Gasteiger partial charge in [0.2, 0.25) is 0 Å². The molecule has 3 heterocycles. The standard InChI is InChI=1S/C16H19FN6/c1-2-23-12-8-13(22-5-3-19-4-6-22)11(17)7-10(12)14-15(18)20-9-21-16(14)23/h7-9,19H,2-6H2,1H3,(H2,18,20,21). The first kappa shape index (κ1) is 14.2. The van der Waals surface area contributed by atoms with Crippen molar-refractivity contribution >= 4 is 33.4 Å². The number of anilines is 2. The molecular weight excluding hydrogens is 295 g/mol. The van der Waals surface area contributed by atoms with Gasteiger partial charge in [-0.05, 0) is 19.1 Å². The maximum absolute atomic E-state index is 14.7. The summed E-state index contributed by atoms with van der Waals surface area (Å²) in [5, 5.41) is 4.79. The Hall–Kier alpha value is -2.41. The minimum atomic E-state index is -0.224. The molecule has 1 aromatic carbocycles. The first-order chi connectivity index (χ1) is 11.2. The number of rotatable bonds is 2. The van der Waals surface area contributed by atoms with Crippen molar-refractivity contribution in [1.82, 2.24) is 19.9 Å². The molecule has 7 heteroatoms. The third-order valence-electron chi connectivity index (χ3n) is 4.51. The molecule has 23 heavy (non-hydrogen) atoms. The zero-order valence-corrected chi connectivity index (χ0v) is 13.0. The summed E-state index contributed by atoms with van der Waals surface area (Å²) in [5.74, 6) is 0.166. The summed E-state index contributed by atoms with van der Waals surface area (Å²) >= 11 is 0. The Kier molecular flexibility index (Phi) is 3.30. The summed E-state index contributed by atoms with van der Waals surface area (Å²) in [6.07, 6.45) is 1.45. The van der Waals surface area contributed by atoms with Crippen molar-refractivity contribution in [3.63, 3.8) is 0 Å². The highest BCUT2D eigenvalue weighted by Gasteiger charge is 2.20. The average Bonchev–Trinajstić information content (AvgIpc) is 2.88. The lowest BCUT2D eigenvalue weighted by Gasteiger charge is -2.29. The van der Waals surface area contributed by atoms with E-state index in [0.29, 0.717) is 11.5 Å². The number of nitrogen functional groups attached to an aromatic ring is 1. The summed E-state index contributed by atoms with van der Waals surface area (Å²) in [6.45, 7) is 6.13. The molecule has 0 bridgehead atoms. The molecule has 3 aromatic rings. The summed E-state index contributed by atoms with van der Waals surface area (Å²) in [4.78, 5) is 10.5. The van der Waals surface area contributed by atoms with Crippen LogP contribution in [-0.4, -0.2) is 40.7 Å². The second-order valence-electron chi connectivity index (χ2n) is 5.76. The number of hydrogen-bond acceptors (Lipinski definition) is 5. The van der Waals surface area contributed by atoms with Crippen molar-refractivity contribution in [2.75, 3.05) is 36.8 Å². The summed E-state index contributed by atoms with van der Waals surface area (Å²) in [6, 6.07) is 3.49. The maximum Gasteiger partial charge on any atom is 0.147 e. The van der Waals surface area contributed by atoms with Crippen LogP contribution in [0.3, 0.4) is 0 Å². The van der Waals surface area contributed by atoms with Gasteiger partial charge in [-0.3, -0.25) is 0 Å². The average molecular weight is 314 g/mol. The van der Waals surface area contributed by atoms with Gasteiger partial charge in [-0.1, -0.05) is 0 Å². The number of piperazine rings is 1. The monoisotopic (exact) mass is 314 g/mol. The molecule has 2 aromatic heterocycles. The summed E-state index contributed by atoms with van der Waals surface area (Å²) in [5.41, 5.74) is 8.36. The van der Waals surface area contributed by atoms with E-state index in [1.807, 2.05) is 13.0 Å². The van der Waals surface area contributed by atoms with Gasteiger partial charge in [-0.15, -0.1) is 0 Å². The predicted molar refractivity (Wildman–Crippen MR) is 90.2 cm³/mol. The van der Waals surface area contributed by atoms with E-state index in [4.69, 9.17) is 5.73 Å². The fourth-order valence-corrected chi connectivity index (χ4v) is 3.41. The van der Waals surface area contributed by atoms with Gasteiger partial charge < -0.3 is 20.5 Å². The molecule has 0 radical (unpaired) electrons. The molecule has 1 aliphatic heterocycles. The second kappa shape index (κ2) is 5.34. The number of benzene rings is 1. The molecule has 0 atom stereocenters. The fourth-order valence-electron chi connectivity index (χ4n) is 3.41. The Morgan fingerprint density at radius 1 is 1.26 bits per heavy atom. The van der Waals surface area contributed by atoms with Crippen LogP contribution in [0.2, 0.25) is 0 Å². The SMILES string of the molecule is CCn1c2cc(N3CCNCC3)c(F)cc2c2c(N)ncnc21. The quantitative estimate of drug-likeness (QED) is 0.754. The Labute approximate surface area is 133 Å². The van der Waals surface area contributed by atoms with E-state index < -0.39 is 0 Å². The number of nitrogens with two attached hydrogens (primary N) is 1. The fraction of sp³-hybridized carbons (Fsp3) is 0.375. The first-order valence-corrected chi connectivity index (χ1v) is 7.88. The topological polar surface area (TPSA) is 72.0 Å². The highest BCUT2D eigenvalue weighted by Crippen LogP contribution is 2.35. The zero-order valence-electron chi connectivity index (χ0n) is 13.0. The smallest absolute Gasteiger partial charge is 0.147 e. The van der Waals surface area contributed by atoms with Crippen LogP contribution >= 0.6 is 0 Å². The van der Waals surface area contributed by atoms with Crippen LogP contribution in [0.1, 0.15) is 6.92 Å². The van der Waals surface area contributed by atoms with Crippen molar-refractivity contribution in [2.24, 2.45) is 0 Å². The number of nitrogens with zero attached hydrogens (tertiary/aromatic N) is 4. The molecular formula is C16H19FN6. The highest BCUT2D eigenvalue weighted by molar-refractivity contribution is 6.12. The number of aromatic nitrogens is 3. The van der Waals surface area contributed by atoms with Gasteiger partial charge in [-0.2, -0.15) is 0 Å².